The van der Waals surface area contributed by atoms with Gasteiger partial charge in [0, 0.05) is 26.2 Å². The second-order valence-electron chi connectivity index (χ2n) is 4.62. The smallest absolute Gasteiger partial charge is 0.147 e. The lowest BCUT2D eigenvalue weighted by molar-refractivity contribution is 0.268. The first kappa shape index (κ1) is 12.8. The van der Waals surface area contributed by atoms with Crippen molar-refractivity contribution >= 4 is 5.69 Å². The van der Waals surface area contributed by atoms with E-state index in [4.69, 9.17) is 11.0 Å². The summed E-state index contributed by atoms with van der Waals surface area (Å²) in [6.07, 6.45) is 0. The molecule has 0 amide bonds. The van der Waals surface area contributed by atoms with Crippen LogP contribution in [0.1, 0.15) is 5.56 Å². The van der Waals surface area contributed by atoms with Crippen molar-refractivity contribution in [2.75, 3.05) is 38.1 Å². The van der Waals surface area contributed by atoms with Gasteiger partial charge in [0.25, 0.3) is 0 Å². The third kappa shape index (κ3) is 2.45. The van der Waals surface area contributed by atoms with Gasteiger partial charge in [0.1, 0.15) is 5.82 Å². The van der Waals surface area contributed by atoms with Crippen LogP contribution >= 0.6 is 0 Å². The zero-order chi connectivity index (χ0) is 13.1. The Labute approximate surface area is 106 Å². The largest absolute Gasteiger partial charge is 0.362 e. The van der Waals surface area contributed by atoms with Gasteiger partial charge in [-0.2, -0.15) is 5.26 Å². The van der Waals surface area contributed by atoms with Gasteiger partial charge in [-0.1, -0.05) is 0 Å². The van der Waals surface area contributed by atoms with E-state index in [9.17, 15) is 4.39 Å². The van der Waals surface area contributed by atoms with E-state index < -0.39 is 0 Å². The van der Waals surface area contributed by atoms with Crippen molar-refractivity contribution < 1.29 is 4.39 Å². The number of likely N-dealkylation sites (N-methyl/N-ethyl adjacent to an activating group) is 1. The SMILES string of the molecule is CN1CCN(c2ccc(C#N)cc2F)C(CN)C1. The molecule has 5 heteroatoms. The van der Waals surface area contributed by atoms with Gasteiger partial charge in [-0.15, -0.1) is 0 Å². The highest BCUT2D eigenvalue weighted by molar-refractivity contribution is 5.52. The van der Waals surface area contributed by atoms with Crippen LogP contribution in [0, 0.1) is 17.1 Å². The minimum atomic E-state index is -0.350. The van der Waals surface area contributed by atoms with Crippen molar-refractivity contribution in [2.24, 2.45) is 5.73 Å². The van der Waals surface area contributed by atoms with E-state index >= 15 is 0 Å². The predicted octanol–water partition coefficient (Wildman–Crippen LogP) is 0.776. The van der Waals surface area contributed by atoms with Crippen LogP contribution in [0.15, 0.2) is 18.2 Å². The number of anilines is 1. The van der Waals surface area contributed by atoms with Gasteiger partial charge in [0.2, 0.25) is 0 Å². The van der Waals surface area contributed by atoms with E-state index in [1.165, 1.54) is 6.07 Å². The van der Waals surface area contributed by atoms with Gasteiger partial charge in [0.05, 0.1) is 23.4 Å². The fraction of sp³-hybridized carbons (Fsp3) is 0.462. The van der Waals surface area contributed by atoms with E-state index in [-0.39, 0.29) is 11.9 Å². The van der Waals surface area contributed by atoms with Crippen LogP contribution < -0.4 is 10.6 Å². The molecule has 18 heavy (non-hydrogen) atoms. The lowest BCUT2D eigenvalue weighted by Crippen LogP contribution is -2.55. The highest BCUT2D eigenvalue weighted by Crippen LogP contribution is 2.24. The molecule has 0 radical (unpaired) electrons. The number of benzene rings is 1. The first-order chi connectivity index (χ1) is 8.65. The maximum Gasteiger partial charge on any atom is 0.147 e. The number of halogens is 1. The number of piperazine rings is 1. The molecule has 0 spiro atoms. The van der Waals surface area contributed by atoms with Crippen LogP contribution in [-0.4, -0.2) is 44.2 Å². The maximum absolute atomic E-state index is 14.0. The van der Waals surface area contributed by atoms with Crippen molar-refractivity contribution in [1.82, 2.24) is 4.90 Å². The Bertz CT molecular complexity index is 469. The molecule has 1 atom stereocenters. The number of hydrogen-bond donors (Lipinski definition) is 1. The summed E-state index contributed by atoms with van der Waals surface area (Å²) in [4.78, 5) is 4.19. The molecule has 1 aromatic carbocycles. The lowest BCUT2D eigenvalue weighted by Gasteiger charge is -2.41. The van der Waals surface area contributed by atoms with Crippen LogP contribution in [0.3, 0.4) is 0 Å². The van der Waals surface area contributed by atoms with Gasteiger partial charge in [-0.3, -0.25) is 0 Å². The Kier molecular flexibility index (Phi) is 3.80. The first-order valence-electron chi connectivity index (χ1n) is 6.00. The Morgan fingerprint density at radius 3 is 2.89 bits per heavy atom. The molecule has 2 rings (SSSR count). The van der Waals surface area contributed by atoms with Crippen molar-refractivity contribution in [3.05, 3.63) is 29.6 Å². The summed E-state index contributed by atoms with van der Waals surface area (Å²) in [6.45, 7) is 2.96. The van der Waals surface area contributed by atoms with E-state index in [0.717, 1.165) is 19.6 Å². The van der Waals surface area contributed by atoms with Crippen LogP contribution in [0.5, 0.6) is 0 Å². The van der Waals surface area contributed by atoms with Crippen molar-refractivity contribution in [1.29, 1.82) is 5.26 Å². The number of hydrogen-bond acceptors (Lipinski definition) is 4. The molecule has 1 heterocycles. The fourth-order valence-corrected chi connectivity index (χ4v) is 2.34. The second kappa shape index (κ2) is 5.34. The van der Waals surface area contributed by atoms with Crippen molar-refractivity contribution in [2.45, 2.75) is 6.04 Å². The van der Waals surface area contributed by atoms with Crippen LogP contribution in [0.25, 0.3) is 0 Å². The number of rotatable bonds is 2. The van der Waals surface area contributed by atoms with Crippen molar-refractivity contribution in [3.8, 4) is 6.07 Å². The van der Waals surface area contributed by atoms with E-state index in [0.29, 0.717) is 17.8 Å². The molecule has 1 saturated heterocycles. The highest BCUT2D eigenvalue weighted by Gasteiger charge is 2.26. The zero-order valence-electron chi connectivity index (χ0n) is 10.4. The van der Waals surface area contributed by atoms with Gasteiger partial charge in [-0.05, 0) is 25.2 Å². The Morgan fingerprint density at radius 2 is 2.28 bits per heavy atom. The quantitative estimate of drug-likeness (QED) is 0.840. The maximum atomic E-state index is 14.0. The van der Waals surface area contributed by atoms with Gasteiger partial charge in [0.15, 0.2) is 0 Å². The van der Waals surface area contributed by atoms with E-state index in [1.54, 1.807) is 12.1 Å². The molecule has 2 N–H and O–H groups in total. The van der Waals surface area contributed by atoms with Crippen LogP contribution in [0.2, 0.25) is 0 Å². The first-order valence-corrected chi connectivity index (χ1v) is 6.00. The van der Waals surface area contributed by atoms with E-state index in [1.807, 2.05) is 18.0 Å². The van der Waals surface area contributed by atoms with E-state index in [2.05, 4.69) is 4.90 Å². The van der Waals surface area contributed by atoms with Crippen LogP contribution in [-0.2, 0) is 0 Å². The normalized spacial score (nSPS) is 20.8. The summed E-state index contributed by atoms with van der Waals surface area (Å²) in [6, 6.07) is 6.65. The molecule has 1 aliphatic heterocycles. The average molecular weight is 248 g/mol. The standard InChI is InChI=1S/C13H17FN4/c1-17-4-5-18(11(8-16)9-17)13-3-2-10(7-15)6-12(13)14/h2-3,6,11H,4-5,8-9,16H2,1H3. The molecule has 1 unspecified atom stereocenters. The lowest BCUT2D eigenvalue weighted by atomic mass is 10.1. The number of nitrogens with two attached hydrogens (primary N) is 1. The molecule has 0 aliphatic carbocycles. The summed E-state index contributed by atoms with van der Waals surface area (Å²) in [5.74, 6) is -0.350. The summed E-state index contributed by atoms with van der Waals surface area (Å²) >= 11 is 0. The molecule has 1 fully saturated rings. The molecule has 1 aromatic rings. The van der Waals surface area contributed by atoms with Crippen LogP contribution in [0.4, 0.5) is 10.1 Å². The molecule has 0 bridgehead atoms. The number of nitriles is 1. The molecule has 4 nitrogen and oxygen atoms in total. The second-order valence-corrected chi connectivity index (χ2v) is 4.62. The molecular formula is C13H17FN4. The highest BCUT2D eigenvalue weighted by atomic mass is 19.1. The summed E-state index contributed by atoms with van der Waals surface area (Å²) in [5.41, 5.74) is 6.64. The Morgan fingerprint density at radius 1 is 1.50 bits per heavy atom. The average Bonchev–Trinajstić information content (AvgIpc) is 2.39. The van der Waals surface area contributed by atoms with Gasteiger partial charge < -0.3 is 15.5 Å². The molecule has 1 aliphatic rings. The third-order valence-corrected chi connectivity index (χ3v) is 3.34. The molecule has 0 saturated carbocycles. The van der Waals surface area contributed by atoms with Gasteiger partial charge in [-0.25, -0.2) is 4.39 Å². The number of nitrogens with zero attached hydrogens (tertiary/aromatic N) is 3. The molecule has 96 valence electrons. The Hall–Kier alpha value is -1.64. The molecule has 0 aromatic heterocycles. The molecular weight excluding hydrogens is 231 g/mol. The summed E-state index contributed by atoms with van der Waals surface area (Å²) < 4.78 is 14.0. The predicted molar refractivity (Wildman–Crippen MR) is 68.8 cm³/mol. The topological polar surface area (TPSA) is 56.3 Å². The summed E-state index contributed by atoms with van der Waals surface area (Å²) in [7, 11) is 2.04. The van der Waals surface area contributed by atoms with Crippen molar-refractivity contribution in [3.63, 3.8) is 0 Å². The monoisotopic (exact) mass is 248 g/mol. The summed E-state index contributed by atoms with van der Waals surface area (Å²) in [5, 5.41) is 8.74. The Balaban J connectivity index is 2.27. The minimum Gasteiger partial charge on any atom is -0.362 e. The minimum absolute atomic E-state index is 0.117. The fourth-order valence-electron chi connectivity index (χ4n) is 2.34. The zero-order valence-corrected chi connectivity index (χ0v) is 10.4. The third-order valence-electron chi connectivity index (χ3n) is 3.34. The van der Waals surface area contributed by atoms with Gasteiger partial charge >= 0.3 is 0 Å².